The Morgan fingerprint density at radius 3 is 3.12 bits per heavy atom. The van der Waals surface area contributed by atoms with Crippen molar-refractivity contribution in [1.82, 2.24) is 9.88 Å². The highest BCUT2D eigenvalue weighted by molar-refractivity contribution is 7.13. The zero-order chi connectivity index (χ0) is 12.4. The summed E-state index contributed by atoms with van der Waals surface area (Å²) < 4.78 is 0. The molecule has 2 rings (SSSR count). The van der Waals surface area contributed by atoms with E-state index < -0.39 is 0 Å². The second-order valence-electron chi connectivity index (χ2n) is 4.46. The van der Waals surface area contributed by atoms with Gasteiger partial charge < -0.3 is 15.7 Å². The summed E-state index contributed by atoms with van der Waals surface area (Å²) in [6.07, 6.45) is 1.23. The van der Waals surface area contributed by atoms with E-state index in [-0.39, 0.29) is 25.0 Å². The number of nitrogen functional groups attached to an aromatic ring is 1. The highest BCUT2D eigenvalue weighted by atomic mass is 32.1. The number of anilines is 1. The van der Waals surface area contributed by atoms with Gasteiger partial charge in [0, 0.05) is 11.9 Å². The zero-order valence-electron chi connectivity index (χ0n) is 9.80. The summed E-state index contributed by atoms with van der Waals surface area (Å²) in [6.45, 7) is 2.83. The molecule has 0 spiro atoms. The first-order valence-corrected chi connectivity index (χ1v) is 6.60. The normalized spacial score (nSPS) is 24.2. The summed E-state index contributed by atoms with van der Waals surface area (Å²) in [6, 6.07) is -0.0431. The molecule has 1 aromatic heterocycles. The highest BCUT2D eigenvalue weighted by Crippen LogP contribution is 2.24. The molecule has 2 atom stereocenters. The number of hydrogen-bond acceptors (Lipinski definition) is 5. The Hall–Kier alpha value is -1.14. The van der Waals surface area contributed by atoms with Crippen molar-refractivity contribution in [3.63, 3.8) is 0 Å². The van der Waals surface area contributed by atoms with Crippen LogP contribution in [0.1, 0.15) is 19.0 Å². The van der Waals surface area contributed by atoms with E-state index in [9.17, 15) is 9.90 Å². The Balaban J connectivity index is 2.00. The number of nitrogens with zero attached hydrogens (tertiary/aromatic N) is 2. The number of aliphatic hydroxyl groups excluding tert-OH is 1. The van der Waals surface area contributed by atoms with Crippen LogP contribution < -0.4 is 5.73 Å². The highest BCUT2D eigenvalue weighted by Gasteiger charge is 2.33. The fourth-order valence-electron chi connectivity index (χ4n) is 2.26. The van der Waals surface area contributed by atoms with Crippen molar-refractivity contribution in [2.24, 2.45) is 5.92 Å². The number of thiazole rings is 1. The summed E-state index contributed by atoms with van der Waals surface area (Å²) in [5.41, 5.74) is 6.24. The van der Waals surface area contributed by atoms with Crippen LogP contribution in [0.25, 0.3) is 0 Å². The first-order chi connectivity index (χ1) is 8.11. The molecule has 2 heterocycles. The van der Waals surface area contributed by atoms with E-state index in [0.29, 0.717) is 16.7 Å². The van der Waals surface area contributed by atoms with Crippen LogP contribution >= 0.6 is 11.3 Å². The number of hydrogen-bond donors (Lipinski definition) is 2. The van der Waals surface area contributed by atoms with Crippen LogP contribution in [0.15, 0.2) is 5.38 Å². The van der Waals surface area contributed by atoms with Crippen molar-refractivity contribution < 1.29 is 9.90 Å². The minimum Gasteiger partial charge on any atom is -0.394 e. The van der Waals surface area contributed by atoms with Gasteiger partial charge in [0.1, 0.15) is 0 Å². The smallest absolute Gasteiger partial charge is 0.228 e. The molecule has 1 aliphatic rings. The number of rotatable bonds is 3. The van der Waals surface area contributed by atoms with Crippen molar-refractivity contribution in [3.05, 3.63) is 11.1 Å². The maximum atomic E-state index is 12.1. The Morgan fingerprint density at radius 1 is 1.76 bits per heavy atom. The van der Waals surface area contributed by atoms with Gasteiger partial charge in [-0.15, -0.1) is 11.3 Å². The molecule has 0 aromatic carbocycles. The summed E-state index contributed by atoms with van der Waals surface area (Å²) >= 11 is 1.34. The maximum Gasteiger partial charge on any atom is 0.228 e. The molecular formula is C11H17N3O2S. The van der Waals surface area contributed by atoms with Crippen LogP contribution in [-0.4, -0.2) is 40.1 Å². The number of carbonyl (C=O) groups excluding carboxylic acids is 1. The molecule has 0 saturated carbocycles. The number of likely N-dealkylation sites (tertiary alicyclic amines) is 1. The lowest BCUT2D eigenvalue weighted by Gasteiger charge is -2.24. The van der Waals surface area contributed by atoms with Crippen LogP contribution in [0.3, 0.4) is 0 Å². The predicted octanol–water partition coefficient (Wildman–Crippen LogP) is 0.497. The fraction of sp³-hybridized carbons (Fsp3) is 0.636. The number of nitrogens with two attached hydrogens (primary N) is 1. The van der Waals surface area contributed by atoms with Crippen LogP contribution in [0.4, 0.5) is 5.13 Å². The molecule has 1 aromatic rings. The van der Waals surface area contributed by atoms with E-state index in [2.05, 4.69) is 11.9 Å². The van der Waals surface area contributed by atoms with Gasteiger partial charge in [0.2, 0.25) is 5.91 Å². The van der Waals surface area contributed by atoms with E-state index >= 15 is 0 Å². The molecule has 1 fully saturated rings. The Kier molecular flexibility index (Phi) is 3.63. The molecule has 6 heteroatoms. The molecule has 3 N–H and O–H groups in total. The molecule has 2 unspecified atom stereocenters. The Morgan fingerprint density at radius 2 is 2.53 bits per heavy atom. The van der Waals surface area contributed by atoms with E-state index in [4.69, 9.17) is 5.73 Å². The van der Waals surface area contributed by atoms with Gasteiger partial charge in [-0.05, 0) is 12.3 Å². The van der Waals surface area contributed by atoms with E-state index in [1.54, 1.807) is 10.3 Å². The molecule has 0 bridgehead atoms. The second kappa shape index (κ2) is 5.01. The van der Waals surface area contributed by atoms with Crippen molar-refractivity contribution in [3.8, 4) is 0 Å². The Labute approximate surface area is 104 Å². The van der Waals surface area contributed by atoms with Crippen LogP contribution in [0.2, 0.25) is 0 Å². The van der Waals surface area contributed by atoms with Crippen molar-refractivity contribution in [2.75, 3.05) is 18.9 Å². The SMILES string of the molecule is CC1CCN(C(=O)Cc2csc(N)n2)C1CO. The van der Waals surface area contributed by atoms with Gasteiger partial charge in [-0.3, -0.25) is 4.79 Å². The third-order valence-corrected chi connectivity index (χ3v) is 4.01. The van der Waals surface area contributed by atoms with Crippen molar-refractivity contribution in [2.45, 2.75) is 25.8 Å². The molecule has 1 saturated heterocycles. The van der Waals surface area contributed by atoms with E-state index in [1.165, 1.54) is 11.3 Å². The Bertz CT molecular complexity index is 407. The largest absolute Gasteiger partial charge is 0.394 e. The van der Waals surface area contributed by atoms with Crippen LogP contribution in [0, 0.1) is 5.92 Å². The topological polar surface area (TPSA) is 79.5 Å². The lowest BCUT2D eigenvalue weighted by molar-refractivity contribution is -0.132. The van der Waals surface area contributed by atoms with Gasteiger partial charge in [0.05, 0.1) is 24.8 Å². The molecule has 94 valence electrons. The zero-order valence-corrected chi connectivity index (χ0v) is 10.6. The van der Waals surface area contributed by atoms with E-state index in [1.807, 2.05) is 0 Å². The molecule has 5 nitrogen and oxygen atoms in total. The number of aromatic nitrogens is 1. The van der Waals surface area contributed by atoms with Gasteiger partial charge in [0.25, 0.3) is 0 Å². The van der Waals surface area contributed by atoms with Gasteiger partial charge in [0.15, 0.2) is 5.13 Å². The minimum atomic E-state index is -0.0431. The quantitative estimate of drug-likeness (QED) is 0.824. The summed E-state index contributed by atoms with van der Waals surface area (Å²) in [5, 5.41) is 11.6. The molecule has 1 aliphatic heterocycles. The lowest BCUT2D eigenvalue weighted by Crippen LogP contribution is -2.40. The van der Waals surface area contributed by atoms with E-state index in [0.717, 1.165) is 13.0 Å². The lowest BCUT2D eigenvalue weighted by atomic mass is 10.0. The third-order valence-electron chi connectivity index (χ3n) is 3.29. The monoisotopic (exact) mass is 255 g/mol. The second-order valence-corrected chi connectivity index (χ2v) is 5.35. The number of amides is 1. The summed E-state index contributed by atoms with van der Waals surface area (Å²) in [7, 11) is 0. The number of aliphatic hydroxyl groups is 1. The molecule has 17 heavy (non-hydrogen) atoms. The van der Waals surface area contributed by atoms with Crippen molar-refractivity contribution in [1.29, 1.82) is 0 Å². The molecular weight excluding hydrogens is 238 g/mol. The van der Waals surface area contributed by atoms with Gasteiger partial charge in [-0.25, -0.2) is 4.98 Å². The standard InChI is InChI=1S/C11H17N3O2S/c1-7-2-3-14(9(7)5-15)10(16)4-8-6-17-11(12)13-8/h6-7,9,15H,2-5H2,1H3,(H2,12,13). The molecule has 0 radical (unpaired) electrons. The van der Waals surface area contributed by atoms with Crippen LogP contribution in [-0.2, 0) is 11.2 Å². The van der Waals surface area contributed by atoms with Gasteiger partial charge >= 0.3 is 0 Å². The average molecular weight is 255 g/mol. The predicted molar refractivity (Wildman–Crippen MR) is 66.6 cm³/mol. The average Bonchev–Trinajstić information content (AvgIpc) is 2.84. The molecule has 1 amide bonds. The van der Waals surface area contributed by atoms with Gasteiger partial charge in [-0.1, -0.05) is 6.92 Å². The summed E-state index contributed by atoms with van der Waals surface area (Å²) in [4.78, 5) is 17.9. The summed E-state index contributed by atoms with van der Waals surface area (Å²) in [5.74, 6) is 0.392. The fourth-order valence-corrected chi connectivity index (χ4v) is 2.82. The minimum absolute atomic E-state index is 0.0266. The third kappa shape index (κ3) is 2.58. The maximum absolute atomic E-state index is 12.1. The number of carbonyl (C=O) groups is 1. The first-order valence-electron chi connectivity index (χ1n) is 5.72. The van der Waals surface area contributed by atoms with Crippen molar-refractivity contribution >= 4 is 22.4 Å². The molecule has 0 aliphatic carbocycles. The van der Waals surface area contributed by atoms with Crippen LogP contribution in [0.5, 0.6) is 0 Å². The van der Waals surface area contributed by atoms with Gasteiger partial charge in [-0.2, -0.15) is 0 Å². The first kappa shape index (κ1) is 12.3.